The van der Waals surface area contributed by atoms with Gasteiger partial charge in [-0.05, 0) is 50.4 Å². The number of nitrogens with zero attached hydrogens (tertiary/aromatic N) is 4. The Morgan fingerprint density at radius 2 is 2.15 bits per heavy atom. The molecule has 0 bridgehead atoms. The molecule has 1 aromatic rings. The average molecular weight is 360 g/mol. The molecule has 4 atom stereocenters. The standard InChI is InChI=1S/C19H22F2N4O/c1-11(16-3-4-17-19(24-16)22-12(2)26-17)25-6-5-13(10-25)7-15-8-14(20)9-18(21)23-15/h3-4,8-9,11,13,17,19H,5-7,10H2,1-2H3/t11?,13-,17?,19?/m1/s1. The van der Waals surface area contributed by atoms with E-state index in [0.717, 1.165) is 31.3 Å². The van der Waals surface area contributed by atoms with Crippen molar-refractivity contribution in [2.75, 3.05) is 13.1 Å². The smallest absolute Gasteiger partial charge is 0.215 e. The summed E-state index contributed by atoms with van der Waals surface area (Å²) < 4.78 is 32.2. The summed E-state index contributed by atoms with van der Waals surface area (Å²) in [6.45, 7) is 5.78. The van der Waals surface area contributed by atoms with Gasteiger partial charge in [0.1, 0.15) is 5.82 Å². The molecule has 1 fully saturated rings. The van der Waals surface area contributed by atoms with Crippen LogP contribution in [0, 0.1) is 17.7 Å². The lowest BCUT2D eigenvalue weighted by atomic mass is 10.0. The van der Waals surface area contributed by atoms with Crippen LogP contribution in [0.25, 0.3) is 0 Å². The fourth-order valence-corrected chi connectivity index (χ4v) is 3.91. The van der Waals surface area contributed by atoms with Crippen molar-refractivity contribution in [2.24, 2.45) is 15.9 Å². The van der Waals surface area contributed by atoms with Gasteiger partial charge in [0.05, 0.1) is 5.71 Å². The molecule has 1 aromatic heterocycles. The van der Waals surface area contributed by atoms with Crippen LogP contribution >= 0.6 is 0 Å². The Kier molecular flexibility index (Phi) is 4.56. The van der Waals surface area contributed by atoms with Crippen LogP contribution in [0.15, 0.2) is 34.3 Å². The monoisotopic (exact) mass is 360 g/mol. The Morgan fingerprint density at radius 1 is 1.31 bits per heavy atom. The van der Waals surface area contributed by atoms with Gasteiger partial charge in [-0.1, -0.05) is 0 Å². The van der Waals surface area contributed by atoms with E-state index in [9.17, 15) is 8.78 Å². The maximum Gasteiger partial charge on any atom is 0.215 e. The predicted octanol–water partition coefficient (Wildman–Crippen LogP) is 2.77. The van der Waals surface area contributed by atoms with E-state index in [1.807, 2.05) is 19.1 Å². The molecule has 1 saturated heterocycles. The molecular weight excluding hydrogens is 338 g/mol. The fourth-order valence-electron chi connectivity index (χ4n) is 3.91. The van der Waals surface area contributed by atoms with Gasteiger partial charge in [-0.15, -0.1) is 0 Å². The number of dihydropyridines is 1. The summed E-state index contributed by atoms with van der Waals surface area (Å²) in [4.78, 5) is 15.3. The van der Waals surface area contributed by atoms with Crippen LogP contribution in [-0.4, -0.2) is 52.9 Å². The molecule has 0 aliphatic carbocycles. The maximum absolute atomic E-state index is 13.3. The van der Waals surface area contributed by atoms with E-state index in [1.54, 1.807) is 0 Å². The van der Waals surface area contributed by atoms with Crippen molar-refractivity contribution in [1.29, 1.82) is 0 Å². The first-order chi connectivity index (χ1) is 12.5. The van der Waals surface area contributed by atoms with E-state index in [1.165, 1.54) is 6.07 Å². The average Bonchev–Trinajstić information content (AvgIpc) is 3.17. The molecule has 5 nitrogen and oxygen atoms in total. The number of hydrogen-bond donors (Lipinski definition) is 0. The van der Waals surface area contributed by atoms with E-state index < -0.39 is 11.8 Å². The highest BCUT2D eigenvalue weighted by atomic mass is 19.1. The van der Waals surface area contributed by atoms with Crippen LogP contribution < -0.4 is 0 Å². The molecule has 0 saturated carbocycles. The zero-order chi connectivity index (χ0) is 18.3. The van der Waals surface area contributed by atoms with Gasteiger partial charge in [0.25, 0.3) is 0 Å². The molecule has 4 rings (SSSR count). The number of pyridine rings is 1. The van der Waals surface area contributed by atoms with E-state index in [0.29, 0.717) is 23.9 Å². The highest BCUT2D eigenvalue weighted by Gasteiger charge is 2.33. The van der Waals surface area contributed by atoms with E-state index in [-0.39, 0.29) is 18.3 Å². The minimum Gasteiger partial charge on any atom is -0.469 e. The first kappa shape index (κ1) is 17.3. The second-order valence-corrected chi connectivity index (χ2v) is 7.19. The molecule has 138 valence electrons. The van der Waals surface area contributed by atoms with Crippen LogP contribution in [0.4, 0.5) is 8.78 Å². The van der Waals surface area contributed by atoms with Crippen molar-refractivity contribution in [3.05, 3.63) is 41.7 Å². The highest BCUT2D eigenvalue weighted by molar-refractivity contribution is 6.00. The van der Waals surface area contributed by atoms with Crippen molar-refractivity contribution >= 4 is 11.6 Å². The maximum atomic E-state index is 13.3. The largest absolute Gasteiger partial charge is 0.469 e. The predicted molar refractivity (Wildman–Crippen MR) is 95.3 cm³/mol. The number of hydrogen-bond acceptors (Lipinski definition) is 5. The molecule has 3 aliphatic heterocycles. The third-order valence-electron chi connectivity index (χ3n) is 5.26. The molecule has 4 heterocycles. The van der Waals surface area contributed by atoms with Crippen molar-refractivity contribution in [1.82, 2.24) is 9.88 Å². The van der Waals surface area contributed by atoms with Gasteiger partial charge in [0.2, 0.25) is 5.95 Å². The molecule has 7 heteroatoms. The van der Waals surface area contributed by atoms with Crippen LogP contribution in [0.1, 0.15) is 26.0 Å². The molecule has 3 unspecified atom stereocenters. The number of halogens is 2. The first-order valence-corrected chi connectivity index (χ1v) is 9.01. The molecule has 0 aromatic carbocycles. The summed E-state index contributed by atoms with van der Waals surface area (Å²) in [5, 5.41) is 0. The minimum absolute atomic E-state index is 0.0776. The number of aliphatic imine (C=N–C) groups is 2. The summed E-state index contributed by atoms with van der Waals surface area (Å²) in [6.07, 6.45) is 5.37. The quantitative estimate of drug-likeness (QED) is 0.776. The molecule has 26 heavy (non-hydrogen) atoms. The van der Waals surface area contributed by atoms with Gasteiger partial charge >= 0.3 is 0 Å². The third-order valence-corrected chi connectivity index (χ3v) is 5.26. The number of aromatic nitrogens is 1. The molecule has 0 N–H and O–H groups in total. The molecule has 0 spiro atoms. The van der Waals surface area contributed by atoms with Crippen molar-refractivity contribution in [3.63, 3.8) is 0 Å². The van der Waals surface area contributed by atoms with Gasteiger partial charge in [0.15, 0.2) is 18.2 Å². The van der Waals surface area contributed by atoms with Crippen molar-refractivity contribution in [2.45, 2.75) is 45.0 Å². The van der Waals surface area contributed by atoms with Gasteiger partial charge in [-0.2, -0.15) is 4.39 Å². The summed E-state index contributed by atoms with van der Waals surface area (Å²) in [7, 11) is 0. The van der Waals surface area contributed by atoms with Gasteiger partial charge in [0, 0.05) is 31.3 Å². The molecule has 0 radical (unpaired) electrons. The summed E-state index contributed by atoms with van der Waals surface area (Å²) in [5.41, 5.74) is 1.48. The Morgan fingerprint density at radius 3 is 2.96 bits per heavy atom. The summed E-state index contributed by atoms with van der Waals surface area (Å²) >= 11 is 0. The van der Waals surface area contributed by atoms with Crippen LogP contribution in [0.3, 0.4) is 0 Å². The second kappa shape index (κ2) is 6.87. The van der Waals surface area contributed by atoms with Crippen LogP contribution in [-0.2, 0) is 11.2 Å². The van der Waals surface area contributed by atoms with Crippen LogP contribution in [0.5, 0.6) is 0 Å². The number of fused-ring (bicyclic) bond motifs is 1. The molecular formula is C19H22F2N4O. The van der Waals surface area contributed by atoms with E-state index in [2.05, 4.69) is 21.8 Å². The normalized spacial score (nSPS) is 29.2. The molecule has 3 aliphatic rings. The SMILES string of the molecule is CC1=NC2N=C(C(C)N3CC[C@H](Cc4cc(F)cc(F)n4)C3)C=CC2O1. The van der Waals surface area contributed by atoms with Crippen LogP contribution in [0.2, 0.25) is 0 Å². The topological polar surface area (TPSA) is 50.1 Å². The summed E-state index contributed by atoms with van der Waals surface area (Å²) in [6, 6.07) is 2.30. The summed E-state index contributed by atoms with van der Waals surface area (Å²) in [5.74, 6) is -0.309. The zero-order valence-corrected chi connectivity index (χ0v) is 14.9. The molecule has 0 amide bonds. The lowest BCUT2D eigenvalue weighted by molar-refractivity contribution is 0.238. The highest BCUT2D eigenvalue weighted by Crippen LogP contribution is 2.26. The second-order valence-electron chi connectivity index (χ2n) is 7.19. The Bertz CT molecular complexity index is 771. The number of likely N-dealkylation sites (tertiary alicyclic amines) is 1. The number of rotatable bonds is 4. The lowest BCUT2D eigenvalue weighted by Gasteiger charge is -2.27. The van der Waals surface area contributed by atoms with Gasteiger partial charge < -0.3 is 4.74 Å². The zero-order valence-electron chi connectivity index (χ0n) is 14.9. The van der Waals surface area contributed by atoms with Crippen molar-refractivity contribution < 1.29 is 13.5 Å². The van der Waals surface area contributed by atoms with Crippen molar-refractivity contribution in [3.8, 4) is 0 Å². The van der Waals surface area contributed by atoms with E-state index >= 15 is 0 Å². The van der Waals surface area contributed by atoms with Gasteiger partial charge in [-0.3, -0.25) is 9.89 Å². The minimum atomic E-state index is -0.755. The third kappa shape index (κ3) is 3.53. The Labute approximate surface area is 151 Å². The lowest BCUT2D eigenvalue weighted by Crippen LogP contribution is -2.39. The van der Waals surface area contributed by atoms with Gasteiger partial charge in [-0.25, -0.2) is 14.4 Å². The van der Waals surface area contributed by atoms with E-state index in [4.69, 9.17) is 9.73 Å². The Balaban J connectivity index is 1.39. The fraction of sp³-hybridized carbons (Fsp3) is 0.526. The number of ether oxygens (including phenoxy) is 1. The first-order valence-electron chi connectivity index (χ1n) is 9.01. The Hall–Kier alpha value is -2.15.